The zero-order valence-corrected chi connectivity index (χ0v) is 12.8. The van der Waals surface area contributed by atoms with Crippen LogP contribution < -0.4 is 4.72 Å². The van der Waals surface area contributed by atoms with Gasteiger partial charge in [-0.3, -0.25) is 9.71 Å². The third-order valence-electron chi connectivity index (χ3n) is 3.34. The Morgan fingerprint density at radius 2 is 1.76 bits per heavy atom. The van der Waals surface area contributed by atoms with E-state index in [0.717, 1.165) is 5.56 Å². The molecule has 1 N–H and O–H groups in total. The first-order valence-electron chi connectivity index (χ1n) is 6.43. The van der Waals surface area contributed by atoms with Crippen molar-refractivity contribution in [2.75, 3.05) is 0 Å². The van der Waals surface area contributed by atoms with Crippen LogP contribution in [-0.4, -0.2) is 14.3 Å². The highest BCUT2D eigenvalue weighted by Gasteiger charge is 2.30. The molecule has 6 heteroatoms. The van der Waals surface area contributed by atoms with Crippen LogP contribution in [0, 0.1) is 0 Å². The molecule has 108 valence electrons. The Bertz CT molecular complexity index is 814. The van der Waals surface area contributed by atoms with Crippen molar-refractivity contribution in [1.82, 2.24) is 4.72 Å². The summed E-state index contributed by atoms with van der Waals surface area (Å²) in [4.78, 5) is 4.77. The van der Waals surface area contributed by atoms with E-state index < -0.39 is 10.0 Å². The topological polar surface area (TPSA) is 58.5 Å². The molecule has 0 bridgehead atoms. The molecule has 1 heterocycles. The lowest BCUT2D eigenvalue weighted by Crippen LogP contribution is -2.22. The molecule has 0 aromatic heterocycles. The van der Waals surface area contributed by atoms with E-state index in [1.165, 1.54) is 0 Å². The van der Waals surface area contributed by atoms with Gasteiger partial charge in [-0.15, -0.1) is 0 Å². The fourth-order valence-corrected chi connectivity index (χ4v) is 3.60. The Morgan fingerprint density at radius 3 is 2.48 bits per heavy atom. The molecule has 1 aliphatic rings. The van der Waals surface area contributed by atoms with Crippen LogP contribution in [0.25, 0.3) is 0 Å². The molecule has 0 radical (unpaired) electrons. The van der Waals surface area contributed by atoms with Gasteiger partial charge in [0.2, 0.25) is 0 Å². The van der Waals surface area contributed by atoms with Crippen LogP contribution in [0.1, 0.15) is 24.1 Å². The molecule has 1 atom stereocenters. The van der Waals surface area contributed by atoms with Gasteiger partial charge in [-0.25, -0.2) is 8.42 Å². The predicted octanol–water partition coefficient (Wildman–Crippen LogP) is 3.14. The molecule has 0 saturated carbocycles. The lowest BCUT2D eigenvalue weighted by molar-refractivity contribution is 0.595. The Balaban J connectivity index is 2.00. The average Bonchev–Trinajstić information content (AvgIpc) is 2.71. The first-order chi connectivity index (χ1) is 9.97. The summed E-state index contributed by atoms with van der Waals surface area (Å²) in [5.74, 6) is 0.382. The summed E-state index contributed by atoms with van der Waals surface area (Å²) in [5.41, 5.74) is 1.58. The molecule has 0 fully saturated rings. The van der Waals surface area contributed by atoms with Crippen molar-refractivity contribution in [3.05, 3.63) is 64.7 Å². The number of hydrogen-bond donors (Lipinski definition) is 1. The average molecular weight is 321 g/mol. The molecule has 0 unspecified atom stereocenters. The minimum atomic E-state index is -3.49. The molecule has 3 rings (SSSR count). The Hall–Kier alpha value is -1.85. The van der Waals surface area contributed by atoms with E-state index in [0.29, 0.717) is 16.4 Å². The van der Waals surface area contributed by atoms with Gasteiger partial charge in [-0.05, 0) is 36.8 Å². The molecule has 4 nitrogen and oxygen atoms in total. The van der Waals surface area contributed by atoms with E-state index in [9.17, 15) is 8.42 Å². The van der Waals surface area contributed by atoms with E-state index in [1.54, 1.807) is 36.4 Å². The fraction of sp³-hybridized carbons (Fsp3) is 0.133. The molecular weight excluding hydrogens is 308 g/mol. The first-order valence-corrected chi connectivity index (χ1v) is 8.29. The maximum absolute atomic E-state index is 12.0. The van der Waals surface area contributed by atoms with Crippen molar-refractivity contribution in [2.24, 2.45) is 4.99 Å². The molecular formula is C15H13ClN2O2S. The van der Waals surface area contributed by atoms with Crippen LogP contribution in [0.2, 0.25) is 5.02 Å². The third kappa shape index (κ3) is 2.66. The number of fused-ring (bicyclic) bond motifs is 1. The Labute approximate surface area is 128 Å². The molecule has 1 aliphatic heterocycles. The Kier molecular flexibility index (Phi) is 3.47. The molecule has 0 saturated heterocycles. The number of aliphatic imine (C=N–C) groups is 1. The number of nitrogens with zero attached hydrogens (tertiary/aromatic N) is 1. The van der Waals surface area contributed by atoms with Crippen molar-refractivity contribution in [1.29, 1.82) is 0 Å². The van der Waals surface area contributed by atoms with Crippen LogP contribution in [0.4, 0.5) is 0 Å². The number of sulfonamides is 1. The van der Waals surface area contributed by atoms with E-state index in [1.807, 2.05) is 19.1 Å². The monoisotopic (exact) mass is 320 g/mol. The summed E-state index contributed by atoms with van der Waals surface area (Å²) < 4.78 is 26.5. The van der Waals surface area contributed by atoms with E-state index in [4.69, 9.17) is 11.6 Å². The second-order valence-corrected chi connectivity index (χ2v) is 6.89. The minimum Gasteiger partial charge on any atom is -0.263 e. The molecule has 2 aromatic rings. The maximum Gasteiger partial charge on any atom is 0.263 e. The number of nitrogens with one attached hydrogen (secondary N) is 1. The number of benzene rings is 2. The van der Waals surface area contributed by atoms with Crippen molar-refractivity contribution >= 4 is 27.5 Å². The predicted molar refractivity (Wildman–Crippen MR) is 83.2 cm³/mol. The minimum absolute atomic E-state index is 0.175. The highest BCUT2D eigenvalue weighted by Crippen LogP contribution is 2.25. The standard InChI is InChI=1S/C15H13ClN2O2S/c1-10(11-6-8-12(16)9-7-11)17-15-13-4-2-3-5-14(13)21(19,20)18-15/h2-10H,1H3,(H,17,18)/t10-/m1/s1. The normalized spacial score (nSPS) is 19.0. The van der Waals surface area contributed by atoms with Crippen molar-refractivity contribution < 1.29 is 8.42 Å². The van der Waals surface area contributed by atoms with Crippen molar-refractivity contribution in [2.45, 2.75) is 17.9 Å². The zero-order chi connectivity index (χ0) is 15.0. The van der Waals surface area contributed by atoms with Gasteiger partial charge in [0, 0.05) is 10.6 Å². The van der Waals surface area contributed by atoms with Gasteiger partial charge >= 0.3 is 0 Å². The van der Waals surface area contributed by atoms with Crippen LogP contribution in [0.15, 0.2) is 58.4 Å². The van der Waals surface area contributed by atoms with Gasteiger partial charge in [0.05, 0.1) is 10.9 Å². The second kappa shape index (κ2) is 5.16. The van der Waals surface area contributed by atoms with Gasteiger partial charge < -0.3 is 0 Å². The van der Waals surface area contributed by atoms with Crippen molar-refractivity contribution in [3.8, 4) is 0 Å². The summed E-state index contributed by atoms with van der Waals surface area (Å²) in [6.07, 6.45) is 0. The fourth-order valence-electron chi connectivity index (χ4n) is 2.24. The Morgan fingerprint density at radius 1 is 1.10 bits per heavy atom. The van der Waals surface area contributed by atoms with Gasteiger partial charge in [-0.2, -0.15) is 0 Å². The summed E-state index contributed by atoms with van der Waals surface area (Å²) in [5, 5.41) is 0.658. The van der Waals surface area contributed by atoms with Crippen LogP contribution >= 0.6 is 11.6 Å². The third-order valence-corrected chi connectivity index (χ3v) is 4.99. The summed E-state index contributed by atoms with van der Waals surface area (Å²) in [7, 11) is -3.49. The molecule has 21 heavy (non-hydrogen) atoms. The molecule has 2 aromatic carbocycles. The number of hydrogen-bond acceptors (Lipinski definition) is 3. The van der Waals surface area contributed by atoms with E-state index in [-0.39, 0.29) is 10.9 Å². The van der Waals surface area contributed by atoms with Crippen LogP contribution in [0.5, 0.6) is 0 Å². The highest BCUT2D eigenvalue weighted by molar-refractivity contribution is 7.90. The van der Waals surface area contributed by atoms with Crippen LogP contribution in [0.3, 0.4) is 0 Å². The number of amidine groups is 1. The number of halogens is 1. The van der Waals surface area contributed by atoms with Crippen molar-refractivity contribution in [3.63, 3.8) is 0 Å². The summed E-state index contributed by atoms with van der Waals surface area (Å²) >= 11 is 5.86. The SMILES string of the molecule is C[C@@H](N=C1NS(=O)(=O)c2ccccc21)c1ccc(Cl)cc1. The summed E-state index contributed by atoms with van der Waals surface area (Å²) in [6, 6.07) is 14.0. The largest absolute Gasteiger partial charge is 0.263 e. The lowest BCUT2D eigenvalue weighted by atomic mass is 10.1. The highest BCUT2D eigenvalue weighted by atomic mass is 35.5. The van der Waals surface area contributed by atoms with Gasteiger partial charge in [-0.1, -0.05) is 35.9 Å². The molecule has 0 spiro atoms. The first kappa shape index (κ1) is 14.1. The van der Waals surface area contributed by atoms with Crippen LogP contribution in [-0.2, 0) is 10.0 Å². The molecule has 0 aliphatic carbocycles. The summed E-state index contributed by atoms with van der Waals surface area (Å²) in [6.45, 7) is 1.91. The van der Waals surface area contributed by atoms with Gasteiger partial charge in [0.25, 0.3) is 10.0 Å². The van der Waals surface area contributed by atoms with E-state index in [2.05, 4.69) is 9.71 Å². The lowest BCUT2D eigenvalue weighted by Gasteiger charge is -2.08. The smallest absolute Gasteiger partial charge is 0.263 e. The maximum atomic E-state index is 12.0. The molecule has 0 amide bonds. The number of rotatable bonds is 2. The van der Waals surface area contributed by atoms with Gasteiger partial charge in [0.15, 0.2) is 0 Å². The zero-order valence-electron chi connectivity index (χ0n) is 11.2. The quantitative estimate of drug-likeness (QED) is 0.924. The van der Waals surface area contributed by atoms with E-state index >= 15 is 0 Å². The second-order valence-electron chi connectivity index (χ2n) is 4.81. The van der Waals surface area contributed by atoms with Gasteiger partial charge in [0.1, 0.15) is 5.84 Å².